The Kier molecular flexibility index (Phi) is 15.6. The lowest BCUT2D eigenvalue weighted by molar-refractivity contribution is -0.118. The molecule has 408 valence electrons. The van der Waals surface area contributed by atoms with Crippen molar-refractivity contribution < 1.29 is 60.4 Å². The second kappa shape index (κ2) is 22.6. The van der Waals surface area contributed by atoms with E-state index in [0.717, 1.165) is 46.7 Å². The SMILES string of the molecule is C=CC(=O)Nc1cncc(C)c1Nc1cc2cc(NC)c(C(=O)c3c(F)c(OC)c(C4CC4Nc4cc5cc(NC6COCCC6NC(=O)C=C)ncc5nc4C(=O)c4c(F)c(OC)cc(OC)c4F)c(OC)c3F)nc2cn1. The molecule has 20 nitrogen and oxygen atoms in total. The average molecular weight is 1090 g/mol. The lowest BCUT2D eigenvalue weighted by Gasteiger charge is -2.32. The fourth-order valence-electron chi connectivity index (χ4n) is 9.36. The van der Waals surface area contributed by atoms with Gasteiger partial charge in [0.05, 0.1) is 99.5 Å². The third-order valence-electron chi connectivity index (χ3n) is 13.4. The number of halogens is 4. The predicted molar refractivity (Wildman–Crippen MR) is 285 cm³/mol. The van der Waals surface area contributed by atoms with Crippen LogP contribution in [0.2, 0.25) is 0 Å². The van der Waals surface area contributed by atoms with Gasteiger partial charge in [-0.15, -0.1) is 0 Å². The second-order valence-electron chi connectivity index (χ2n) is 18.2. The maximum absolute atomic E-state index is 17.0. The van der Waals surface area contributed by atoms with Gasteiger partial charge in [0.25, 0.3) is 0 Å². The van der Waals surface area contributed by atoms with Crippen molar-refractivity contribution in [3.05, 3.63) is 137 Å². The summed E-state index contributed by atoms with van der Waals surface area (Å²) in [6, 6.07) is 5.70. The van der Waals surface area contributed by atoms with Crippen molar-refractivity contribution in [2.45, 2.75) is 43.8 Å². The zero-order chi connectivity index (χ0) is 56.4. The number of pyridine rings is 5. The van der Waals surface area contributed by atoms with Gasteiger partial charge in [0.15, 0.2) is 46.3 Å². The number of ether oxygens (including phenoxy) is 5. The number of fused-ring (bicyclic) bond motifs is 2. The number of hydrogen-bond donors (Lipinski definition) is 6. The molecule has 4 unspecified atom stereocenters. The first kappa shape index (κ1) is 54.3. The number of carbonyl (C=O) groups is 4. The van der Waals surface area contributed by atoms with Gasteiger partial charge in [-0.3, -0.25) is 24.2 Å². The highest BCUT2D eigenvalue weighted by Crippen LogP contribution is 2.53. The van der Waals surface area contributed by atoms with E-state index in [9.17, 15) is 19.2 Å². The van der Waals surface area contributed by atoms with Gasteiger partial charge < -0.3 is 55.6 Å². The number of rotatable bonds is 20. The van der Waals surface area contributed by atoms with E-state index in [0.29, 0.717) is 52.4 Å². The van der Waals surface area contributed by atoms with Crippen LogP contribution >= 0.6 is 0 Å². The molecule has 2 fully saturated rings. The molecule has 79 heavy (non-hydrogen) atoms. The minimum atomic E-state index is -1.36. The summed E-state index contributed by atoms with van der Waals surface area (Å²) in [4.78, 5) is 75.5. The normalized spacial score (nSPS) is 16.5. The first-order valence-corrected chi connectivity index (χ1v) is 24.4. The smallest absolute Gasteiger partial charge is 0.247 e. The van der Waals surface area contributed by atoms with Gasteiger partial charge in [-0.1, -0.05) is 13.2 Å². The highest BCUT2D eigenvalue weighted by atomic mass is 19.1. The molecule has 0 radical (unpaired) electrons. The summed E-state index contributed by atoms with van der Waals surface area (Å²) in [6.07, 6.45) is 8.65. The summed E-state index contributed by atoms with van der Waals surface area (Å²) in [5, 5.41) is 19.0. The minimum Gasteiger partial charge on any atom is -0.494 e. The predicted octanol–water partition coefficient (Wildman–Crippen LogP) is 8.08. The van der Waals surface area contributed by atoms with E-state index in [1.165, 1.54) is 31.7 Å². The van der Waals surface area contributed by atoms with E-state index >= 15 is 17.6 Å². The largest absolute Gasteiger partial charge is 0.494 e. The molecular weight excluding hydrogens is 1030 g/mol. The Balaban J connectivity index is 1.06. The van der Waals surface area contributed by atoms with E-state index in [2.05, 4.69) is 70.0 Å². The Bertz CT molecular complexity index is 3600. The van der Waals surface area contributed by atoms with Crippen molar-refractivity contribution in [2.24, 2.45) is 0 Å². The Morgan fingerprint density at radius 2 is 1.25 bits per heavy atom. The number of nitrogens with zero attached hydrogens (tertiary/aromatic N) is 5. The number of ketones is 2. The Morgan fingerprint density at radius 3 is 1.85 bits per heavy atom. The standard InChI is InChI=1S/C55H51F4N11O9/c1-9-40(71)66-28-11-12-79-23-35(28)65-38-15-26-14-31(51(69-33(26)21-62-38)52(73)43-45(56)36(75-5)18-37(76-6)46(43)57)64-29-17-27(29)42-54(77-7)47(58)44(48(59)55(42)78-8)53(74)50-30(60-4)13-25-16-39(63-22-32(25)68-50)70-49-24(3)19-61-20-34(49)67-41(72)10-2/h9-10,13-16,18-22,27-29,35,60,64H,1-2,11-12,17,23H2,3-8H3,(H,62,65)(H,66,71)(H,67,72)(H,61,63,70). The number of benzene rings is 2. The molecule has 1 aliphatic carbocycles. The maximum atomic E-state index is 17.0. The van der Waals surface area contributed by atoms with E-state index in [4.69, 9.17) is 23.7 Å². The second-order valence-corrected chi connectivity index (χ2v) is 18.2. The van der Waals surface area contributed by atoms with Crippen LogP contribution in [0.3, 0.4) is 0 Å². The van der Waals surface area contributed by atoms with Crippen LogP contribution in [0, 0.1) is 30.2 Å². The lowest BCUT2D eigenvalue weighted by Crippen LogP contribution is -2.52. The van der Waals surface area contributed by atoms with E-state index in [1.807, 2.05) is 0 Å². The topological polar surface area (TPSA) is 251 Å². The van der Waals surface area contributed by atoms with Crippen molar-refractivity contribution >= 4 is 79.6 Å². The van der Waals surface area contributed by atoms with Crippen LogP contribution in [0.5, 0.6) is 23.0 Å². The fourth-order valence-corrected chi connectivity index (χ4v) is 9.36. The molecule has 5 aromatic heterocycles. The number of hydrogen-bond acceptors (Lipinski definition) is 18. The van der Waals surface area contributed by atoms with Crippen LogP contribution in [0.1, 0.15) is 62.0 Å². The van der Waals surface area contributed by atoms with Crippen molar-refractivity contribution in [2.75, 3.05) is 75.3 Å². The number of nitrogens with one attached hydrogen (secondary N) is 6. The molecule has 0 spiro atoms. The van der Waals surface area contributed by atoms with Gasteiger partial charge in [-0.05, 0) is 61.7 Å². The molecule has 2 amide bonds. The minimum absolute atomic E-state index is 0.0425. The highest BCUT2D eigenvalue weighted by Gasteiger charge is 2.46. The molecule has 6 heterocycles. The zero-order valence-electron chi connectivity index (χ0n) is 43.3. The number of anilines is 6. The van der Waals surface area contributed by atoms with E-state index < -0.39 is 98.6 Å². The summed E-state index contributed by atoms with van der Waals surface area (Å²) in [5.74, 6) is -10.8. The van der Waals surface area contributed by atoms with Crippen LogP contribution in [0.25, 0.3) is 21.8 Å². The number of aromatic nitrogens is 5. The average Bonchev–Trinajstić information content (AvgIpc) is 4.43. The Hall–Kier alpha value is -9.45. The molecule has 1 saturated heterocycles. The van der Waals surface area contributed by atoms with Crippen LogP contribution in [0.4, 0.5) is 51.9 Å². The molecule has 2 aliphatic rings. The quantitative estimate of drug-likeness (QED) is 0.0240. The van der Waals surface area contributed by atoms with Gasteiger partial charge in [0, 0.05) is 54.2 Å². The summed E-state index contributed by atoms with van der Waals surface area (Å²) in [5.41, 5.74) is -1.07. The zero-order valence-corrected chi connectivity index (χ0v) is 43.3. The third kappa shape index (κ3) is 10.6. The third-order valence-corrected chi connectivity index (χ3v) is 13.4. The molecule has 4 atom stereocenters. The Morgan fingerprint density at radius 1 is 0.671 bits per heavy atom. The maximum Gasteiger partial charge on any atom is 0.247 e. The van der Waals surface area contributed by atoms with Crippen LogP contribution in [-0.4, -0.2) is 115 Å². The molecule has 7 aromatic rings. The number of amides is 2. The molecule has 9 rings (SSSR count). The number of methoxy groups -OCH3 is 4. The summed E-state index contributed by atoms with van der Waals surface area (Å²) in [7, 11) is 6.03. The monoisotopic (exact) mass is 1090 g/mol. The molecule has 1 saturated carbocycles. The summed E-state index contributed by atoms with van der Waals surface area (Å²) < 4.78 is 93.1. The van der Waals surface area contributed by atoms with Crippen molar-refractivity contribution in [1.82, 2.24) is 30.2 Å². The lowest BCUT2D eigenvalue weighted by atomic mass is 9.97. The molecule has 6 N–H and O–H groups in total. The molecule has 1 aliphatic heterocycles. The van der Waals surface area contributed by atoms with Crippen molar-refractivity contribution in [3.8, 4) is 23.0 Å². The fraction of sp³-hybridized carbons (Fsp3) is 0.255. The van der Waals surface area contributed by atoms with E-state index in [-0.39, 0.29) is 58.6 Å². The van der Waals surface area contributed by atoms with Gasteiger partial charge in [0.1, 0.15) is 34.2 Å². The van der Waals surface area contributed by atoms with E-state index in [1.54, 1.807) is 31.3 Å². The van der Waals surface area contributed by atoms with Crippen LogP contribution in [-0.2, 0) is 14.3 Å². The number of aryl methyl sites for hydroxylation is 1. The van der Waals surface area contributed by atoms with Gasteiger partial charge in [-0.2, -0.15) is 0 Å². The van der Waals surface area contributed by atoms with Crippen molar-refractivity contribution in [3.63, 3.8) is 0 Å². The number of carbonyl (C=O) groups excluding carboxylic acids is 4. The highest BCUT2D eigenvalue weighted by molar-refractivity contribution is 6.14. The Labute approximate surface area is 448 Å². The van der Waals surface area contributed by atoms with Gasteiger partial charge in [0.2, 0.25) is 23.4 Å². The van der Waals surface area contributed by atoms with Crippen LogP contribution < -0.4 is 50.8 Å². The molecular formula is C55H51F4N11O9. The van der Waals surface area contributed by atoms with Gasteiger partial charge >= 0.3 is 0 Å². The van der Waals surface area contributed by atoms with Crippen LogP contribution in [0.15, 0.2) is 80.4 Å². The first-order chi connectivity index (χ1) is 38.1. The molecule has 2 aromatic carbocycles. The summed E-state index contributed by atoms with van der Waals surface area (Å²) >= 11 is 0. The first-order valence-electron chi connectivity index (χ1n) is 24.4. The molecule has 24 heteroatoms. The van der Waals surface area contributed by atoms with Gasteiger partial charge in [-0.25, -0.2) is 37.5 Å². The molecule has 0 bridgehead atoms. The summed E-state index contributed by atoms with van der Waals surface area (Å²) in [6.45, 7) is 9.41. The van der Waals surface area contributed by atoms with Crippen molar-refractivity contribution in [1.29, 1.82) is 0 Å².